The van der Waals surface area contributed by atoms with E-state index in [1.165, 1.54) is 32.5 Å². The molecule has 2 N–H and O–H groups in total. The van der Waals surface area contributed by atoms with Gasteiger partial charge in [-0.1, -0.05) is 13.8 Å². The maximum absolute atomic E-state index is 4.71. The van der Waals surface area contributed by atoms with Crippen molar-refractivity contribution in [2.24, 2.45) is 10.9 Å². The average Bonchev–Trinajstić information content (AvgIpc) is 2.88. The first-order valence-electron chi connectivity index (χ1n) is 7.92. The molecule has 0 aromatic heterocycles. The molecule has 1 saturated heterocycles. The Balaban J connectivity index is 0.00000361. The maximum atomic E-state index is 4.71. The van der Waals surface area contributed by atoms with Crippen molar-refractivity contribution in [2.45, 2.75) is 53.0 Å². The molecule has 20 heavy (non-hydrogen) atoms. The number of hydrogen-bond acceptors (Lipinski definition) is 2. The van der Waals surface area contributed by atoms with E-state index >= 15 is 0 Å². The van der Waals surface area contributed by atoms with E-state index in [9.17, 15) is 0 Å². The summed E-state index contributed by atoms with van der Waals surface area (Å²) in [6, 6.07) is 0.478. The maximum Gasteiger partial charge on any atom is 0.191 e. The Morgan fingerprint density at radius 2 is 1.85 bits per heavy atom. The van der Waals surface area contributed by atoms with Gasteiger partial charge in [0.1, 0.15) is 0 Å². The van der Waals surface area contributed by atoms with E-state index in [4.69, 9.17) is 4.99 Å². The number of nitrogens with one attached hydrogen (secondary N) is 2. The van der Waals surface area contributed by atoms with Gasteiger partial charge in [0.2, 0.25) is 0 Å². The number of aliphatic imine (C=N–C) groups is 1. The third-order valence-electron chi connectivity index (χ3n) is 3.67. The predicted octanol–water partition coefficient (Wildman–Crippen LogP) is 2.69. The van der Waals surface area contributed by atoms with Crippen LogP contribution in [0.3, 0.4) is 0 Å². The van der Waals surface area contributed by atoms with Gasteiger partial charge in [0.25, 0.3) is 0 Å². The van der Waals surface area contributed by atoms with Crippen LogP contribution in [0.15, 0.2) is 4.99 Å². The molecule has 0 spiro atoms. The Kier molecular flexibility index (Phi) is 11.6. The second-order valence-electron chi connectivity index (χ2n) is 5.79. The van der Waals surface area contributed by atoms with Crippen LogP contribution in [0.4, 0.5) is 0 Å². The largest absolute Gasteiger partial charge is 0.357 e. The third-order valence-corrected chi connectivity index (χ3v) is 3.67. The van der Waals surface area contributed by atoms with Gasteiger partial charge in [0.15, 0.2) is 5.96 Å². The highest BCUT2D eigenvalue weighted by Gasteiger charge is 2.14. The van der Waals surface area contributed by atoms with Crippen LogP contribution in [0.5, 0.6) is 0 Å². The quantitative estimate of drug-likeness (QED) is 0.395. The molecule has 1 heterocycles. The highest BCUT2D eigenvalue weighted by molar-refractivity contribution is 14.0. The van der Waals surface area contributed by atoms with Crippen molar-refractivity contribution in [1.29, 1.82) is 0 Å². The number of nitrogens with zero attached hydrogens (tertiary/aromatic N) is 2. The zero-order valence-electron chi connectivity index (χ0n) is 13.6. The van der Waals surface area contributed by atoms with Gasteiger partial charge in [-0.05, 0) is 52.1 Å². The molecule has 1 rings (SSSR count). The van der Waals surface area contributed by atoms with Crippen LogP contribution in [0.2, 0.25) is 0 Å². The lowest BCUT2D eigenvalue weighted by Crippen LogP contribution is -2.42. The van der Waals surface area contributed by atoms with E-state index in [1.807, 2.05) is 0 Å². The second-order valence-corrected chi connectivity index (χ2v) is 5.79. The molecular weight excluding hydrogens is 363 g/mol. The fourth-order valence-electron chi connectivity index (χ4n) is 2.37. The van der Waals surface area contributed by atoms with Crippen LogP contribution >= 0.6 is 24.0 Å². The van der Waals surface area contributed by atoms with Gasteiger partial charge in [0, 0.05) is 25.7 Å². The predicted molar refractivity (Wildman–Crippen MR) is 99.1 cm³/mol. The fraction of sp³-hybridized carbons (Fsp3) is 0.933. The van der Waals surface area contributed by atoms with Crippen LogP contribution in [0.25, 0.3) is 0 Å². The van der Waals surface area contributed by atoms with Crippen molar-refractivity contribution < 1.29 is 0 Å². The molecule has 2 unspecified atom stereocenters. The van der Waals surface area contributed by atoms with Crippen molar-refractivity contribution in [3.8, 4) is 0 Å². The molecule has 0 bridgehead atoms. The van der Waals surface area contributed by atoms with Crippen molar-refractivity contribution in [3.63, 3.8) is 0 Å². The van der Waals surface area contributed by atoms with Crippen LogP contribution in [-0.2, 0) is 0 Å². The molecule has 0 aromatic carbocycles. The van der Waals surface area contributed by atoms with Gasteiger partial charge in [-0.15, -0.1) is 24.0 Å². The molecule has 0 aromatic rings. The number of likely N-dealkylation sites (tertiary alicyclic amines) is 1. The molecule has 5 heteroatoms. The Hall–Kier alpha value is -0.0400. The molecule has 2 atom stereocenters. The van der Waals surface area contributed by atoms with Gasteiger partial charge in [-0.2, -0.15) is 0 Å². The van der Waals surface area contributed by atoms with Crippen LogP contribution in [0, 0.1) is 5.92 Å². The van der Waals surface area contributed by atoms with Crippen LogP contribution < -0.4 is 10.6 Å². The first-order valence-corrected chi connectivity index (χ1v) is 7.92. The Morgan fingerprint density at radius 1 is 1.20 bits per heavy atom. The van der Waals surface area contributed by atoms with Crippen LogP contribution in [-0.4, -0.2) is 49.6 Å². The Morgan fingerprint density at radius 3 is 2.40 bits per heavy atom. The molecule has 1 aliphatic heterocycles. The highest BCUT2D eigenvalue weighted by atomic mass is 127. The van der Waals surface area contributed by atoms with Gasteiger partial charge >= 0.3 is 0 Å². The number of halogens is 1. The van der Waals surface area contributed by atoms with Gasteiger partial charge in [-0.25, -0.2) is 0 Å². The SMILES string of the molecule is CCNC(=NCC(C)CN1CCCC1)NC(C)CC.I. The summed E-state index contributed by atoms with van der Waals surface area (Å²) in [5.74, 6) is 1.59. The van der Waals surface area contributed by atoms with Crippen molar-refractivity contribution in [1.82, 2.24) is 15.5 Å². The zero-order chi connectivity index (χ0) is 14.1. The van der Waals surface area contributed by atoms with Gasteiger partial charge in [0.05, 0.1) is 0 Å². The second kappa shape index (κ2) is 11.6. The minimum Gasteiger partial charge on any atom is -0.357 e. The standard InChI is InChI=1S/C15H32N4.HI/c1-5-14(4)18-15(16-6-2)17-11-13(3)12-19-9-7-8-10-19;/h13-14H,5-12H2,1-4H3,(H2,16,17,18);1H. The van der Waals surface area contributed by atoms with Crippen molar-refractivity contribution >= 4 is 29.9 Å². The molecule has 4 nitrogen and oxygen atoms in total. The fourth-order valence-corrected chi connectivity index (χ4v) is 2.37. The molecule has 0 amide bonds. The van der Waals surface area contributed by atoms with Crippen molar-refractivity contribution in [3.05, 3.63) is 0 Å². The summed E-state index contributed by atoms with van der Waals surface area (Å²) in [7, 11) is 0. The third kappa shape index (κ3) is 8.29. The lowest BCUT2D eigenvalue weighted by molar-refractivity contribution is 0.291. The molecular formula is C15H33IN4. The molecule has 0 saturated carbocycles. The lowest BCUT2D eigenvalue weighted by atomic mass is 10.2. The number of hydrogen-bond donors (Lipinski definition) is 2. The number of guanidine groups is 1. The summed E-state index contributed by atoms with van der Waals surface area (Å²) in [5, 5.41) is 6.76. The van der Waals surface area contributed by atoms with Gasteiger partial charge in [-0.3, -0.25) is 4.99 Å². The average molecular weight is 396 g/mol. The van der Waals surface area contributed by atoms with E-state index in [-0.39, 0.29) is 24.0 Å². The molecule has 0 radical (unpaired) electrons. The summed E-state index contributed by atoms with van der Waals surface area (Å²) in [4.78, 5) is 7.28. The van der Waals surface area contributed by atoms with E-state index in [0.29, 0.717) is 12.0 Å². The topological polar surface area (TPSA) is 39.7 Å². The van der Waals surface area contributed by atoms with Crippen molar-refractivity contribution in [2.75, 3.05) is 32.7 Å². The normalized spacial score (nSPS) is 19.3. The Bertz CT molecular complexity index is 265. The molecule has 120 valence electrons. The van der Waals surface area contributed by atoms with E-state index in [2.05, 4.69) is 43.2 Å². The number of rotatable bonds is 7. The monoisotopic (exact) mass is 396 g/mol. The van der Waals surface area contributed by atoms with E-state index in [1.54, 1.807) is 0 Å². The van der Waals surface area contributed by atoms with Crippen LogP contribution in [0.1, 0.15) is 47.0 Å². The minimum atomic E-state index is 0. The highest BCUT2D eigenvalue weighted by Crippen LogP contribution is 2.10. The first kappa shape index (κ1) is 20.0. The summed E-state index contributed by atoms with van der Waals surface area (Å²) in [6.45, 7) is 14.4. The van der Waals surface area contributed by atoms with E-state index < -0.39 is 0 Å². The summed E-state index contributed by atoms with van der Waals surface area (Å²) >= 11 is 0. The summed E-state index contributed by atoms with van der Waals surface area (Å²) in [6.07, 6.45) is 3.86. The molecule has 1 fully saturated rings. The Labute approximate surface area is 142 Å². The minimum absolute atomic E-state index is 0. The summed E-state index contributed by atoms with van der Waals surface area (Å²) < 4.78 is 0. The van der Waals surface area contributed by atoms with E-state index in [0.717, 1.165) is 25.5 Å². The smallest absolute Gasteiger partial charge is 0.191 e. The van der Waals surface area contributed by atoms with Gasteiger partial charge < -0.3 is 15.5 Å². The molecule has 1 aliphatic rings. The summed E-state index contributed by atoms with van der Waals surface area (Å²) in [5.41, 5.74) is 0. The zero-order valence-corrected chi connectivity index (χ0v) is 15.9. The molecule has 0 aliphatic carbocycles. The first-order chi connectivity index (χ1) is 9.15. The lowest BCUT2D eigenvalue weighted by Gasteiger charge is -2.20.